The number of nitrogens with zero attached hydrogens (tertiary/aromatic N) is 1. The number of thioether (sulfide) groups is 1. The van der Waals surface area contributed by atoms with Crippen LogP contribution in [-0.4, -0.2) is 41.6 Å². The van der Waals surface area contributed by atoms with Crippen molar-refractivity contribution in [2.75, 3.05) is 25.9 Å². The Balaban J connectivity index is 1.83. The Kier molecular flexibility index (Phi) is 7.03. The lowest BCUT2D eigenvalue weighted by Gasteiger charge is -2.20. The van der Waals surface area contributed by atoms with E-state index in [1.807, 2.05) is 11.8 Å². The first-order valence-corrected chi connectivity index (χ1v) is 9.90. The summed E-state index contributed by atoms with van der Waals surface area (Å²) in [7, 11) is 0. The zero-order valence-electron chi connectivity index (χ0n) is 15.3. The first-order valence-electron chi connectivity index (χ1n) is 8.68. The number of aromatic nitrogens is 1. The van der Waals surface area contributed by atoms with Crippen molar-refractivity contribution >= 4 is 28.6 Å². The van der Waals surface area contributed by atoms with Gasteiger partial charge in [0.15, 0.2) is 5.96 Å². The van der Waals surface area contributed by atoms with Gasteiger partial charge in [0, 0.05) is 34.9 Å². The molecule has 24 heavy (non-hydrogen) atoms. The molecule has 5 heteroatoms. The number of hydrogen-bond acceptors (Lipinski definition) is 2. The van der Waals surface area contributed by atoms with Gasteiger partial charge in [-0.05, 0) is 51.5 Å². The predicted octanol–water partition coefficient (Wildman–Crippen LogP) is 3.80. The normalized spacial score (nSPS) is 12.6. The van der Waals surface area contributed by atoms with Crippen LogP contribution in [0.15, 0.2) is 35.5 Å². The molecule has 1 aromatic carbocycles. The zero-order chi connectivity index (χ0) is 17.4. The fourth-order valence-electron chi connectivity index (χ4n) is 2.50. The molecule has 0 aliphatic rings. The van der Waals surface area contributed by atoms with Crippen molar-refractivity contribution in [1.29, 1.82) is 0 Å². The Hall–Kier alpha value is -1.62. The molecule has 0 radical (unpaired) electrons. The van der Waals surface area contributed by atoms with E-state index in [1.54, 1.807) is 0 Å². The number of fused-ring (bicyclic) bond motifs is 1. The molecule has 2 aromatic rings. The minimum absolute atomic E-state index is 0.173. The average molecular weight is 347 g/mol. The number of benzene rings is 1. The molecule has 1 heterocycles. The summed E-state index contributed by atoms with van der Waals surface area (Å²) in [4.78, 5) is 8.05. The largest absolute Gasteiger partial charge is 0.361 e. The van der Waals surface area contributed by atoms with Gasteiger partial charge in [-0.25, -0.2) is 0 Å². The molecule has 0 unspecified atom stereocenters. The molecule has 0 fully saturated rings. The number of aryl methyl sites for hydroxylation is 1. The maximum Gasteiger partial charge on any atom is 0.191 e. The van der Waals surface area contributed by atoms with Crippen molar-refractivity contribution in [3.8, 4) is 0 Å². The quantitative estimate of drug-likeness (QED) is 0.387. The second kappa shape index (κ2) is 9.02. The van der Waals surface area contributed by atoms with Crippen LogP contribution in [0.5, 0.6) is 0 Å². The Bertz CT molecular complexity index is 660. The molecule has 0 saturated carbocycles. The van der Waals surface area contributed by atoms with Crippen LogP contribution in [0.2, 0.25) is 0 Å². The van der Waals surface area contributed by atoms with Gasteiger partial charge in [0.25, 0.3) is 0 Å². The van der Waals surface area contributed by atoms with Gasteiger partial charge in [0.2, 0.25) is 0 Å². The Morgan fingerprint density at radius 3 is 2.79 bits per heavy atom. The molecule has 0 spiro atoms. The van der Waals surface area contributed by atoms with Gasteiger partial charge in [-0.1, -0.05) is 18.2 Å². The molecule has 0 aliphatic heterocycles. The maximum absolute atomic E-state index is 4.71. The van der Waals surface area contributed by atoms with Crippen molar-refractivity contribution in [2.24, 2.45) is 4.99 Å². The number of guanidine groups is 1. The highest BCUT2D eigenvalue weighted by molar-refractivity contribution is 7.99. The summed E-state index contributed by atoms with van der Waals surface area (Å²) in [6.45, 7) is 9.16. The Morgan fingerprint density at radius 2 is 2.04 bits per heavy atom. The van der Waals surface area contributed by atoms with Crippen molar-refractivity contribution in [1.82, 2.24) is 15.6 Å². The lowest BCUT2D eigenvalue weighted by molar-refractivity contribution is 0.702. The number of aromatic amines is 1. The van der Waals surface area contributed by atoms with Crippen LogP contribution in [0.1, 0.15) is 32.8 Å². The van der Waals surface area contributed by atoms with Crippen molar-refractivity contribution < 1.29 is 0 Å². The van der Waals surface area contributed by atoms with Gasteiger partial charge in [0.1, 0.15) is 0 Å². The standard InChI is InChI=1S/C19H30N4S/c1-5-20-18(23-14-19(2,3)24-4)21-12-8-9-15-13-22-17-11-7-6-10-16(15)17/h6-7,10-11,13,22H,5,8-9,12,14H2,1-4H3,(H2,20,21,23). The first kappa shape index (κ1) is 18.7. The molecular weight excluding hydrogens is 316 g/mol. The minimum Gasteiger partial charge on any atom is -0.361 e. The van der Waals surface area contributed by atoms with E-state index in [-0.39, 0.29) is 4.75 Å². The van der Waals surface area contributed by atoms with E-state index in [0.29, 0.717) is 0 Å². The number of para-hydroxylation sites is 1. The number of H-pyrrole nitrogens is 1. The van der Waals surface area contributed by atoms with Crippen LogP contribution in [0.25, 0.3) is 10.9 Å². The van der Waals surface area contributed by atoms with E-state index < -0.39 is 0 Å². The molecule has 3 N–H and O–H groups in total. The summed E-state index contributed by atoms with van der Waals surface area (Å²) in [5.74, 6) is 0.915. The van der Waals surface area contributed by atoms with Crippen molar-refractivity contribution in [2.45, 2.75) is 38.4 Å². The minimum atomic E-state index is 0.173. The van der Waals surface area contributed by atoms with Crippen molar-refractivity contribution in [3.63, 3.8) is 0 Å². The summed E-state index contributed by atoms with van der Waals surface area (Å²) in [6.07, 6.45) is 6.41. The Labute approximate surface area is 149 Å². The summed E-state index contributed by atoms with van der Waals surface area (Å²) in [5.41, 5.74) is 2.60. The highest BCUT2D eigenvalue weighted by Gasteiger charge is 2.15. The van der Waals surface area contributed by atoms with Crippen LogP contribution >= 0.6 is 11.8 Å². The molecule has 1 aromatic heterocycles. The van der Waals surface area contributed by atoms with E-state index in [9.17, 15) is 0 Å². The summed E-state index contributed by atoms with van der Waals surface area (Å²) >= 11 is 1.85. The average Bonchev–Trinajstić information content (AvgIpc) is 3.00. The van der Waals surface area contributed by atoms with Crippen LogP contribution in [0.4, 0.5) is 0 Å². The zero-order valence-corrected chi connectivity index (χ0v) is 16.1. The number of hydrogen-bond donors (Lipinski definition) is 3. The topological polar surface area (TPSA) is 52.2 Å². The molecule has 0 amide bonds. The van der Waals surface area contributed by atoms with Crippen LogP contribution in [-0.2, 0) is 6.42 Å². The monoisotopic (exact) mass is 346 g/mol. The molecule has 132 valence electrons. The Morgan fingerprint density at radius 1 is 1.25 bits per heavy atom. The van der Waals surface area contributed by atoms with Gasteiger partial charge in [-0.3, -0.25) is 4.99 Å². The van der Waals surface area contributed by atoms with E-state index >= 15 is 0 Å². The lowest BCUT2D eigenvalue weighted by atomic mass is 10.1. The maximum atomic E-state index is 4.71. The first-order chi connectivity index (χ1) is 11.6. The third kappa shape index (κ3) is 5.48. The fourth-order valence-corrected chi connectivity index (χ4v) is 2.69. The molecule has 0 saturated heterocycles. The molecular formula is C19H30N4S. The number of aliphatic imine (C=N–C) groups is 1. The highest BCUT2D eigenvalue weighted by Crippen LogP contribution is 2.21. The number of nitrogens with one attached hydrogen (secondary N) is 3. The highest BCUT2D eigenvalue weighted by atomic mass is 32.2. The molecule has 0 aliphatic carbocycles. The van der Waals surface area contributed by atoms with Gasteiger partial charge < -0.3 is 15.6 Å². The third-order valence-corrected chi connectivity index (χ3v) is 5.34. The smallest absolute Gasteiger partial charge is 0.191 e. The van der Waals surface area contributed by atoms with Crippen LogP contribution < -0.4 is 10.6 Å². The predicted molar refractivity (Wildman–Crippen MR) is 108 cm³/mol. The van der Waals surface area contributed by atoms with Crippen LogP contribution in [0, 0.1) is 0 Å². The second-order valence-electron chi connectivity index (χ2n) is 6.55. The molecule has 2 rings (SSSR count). The number of rotatable bonds is 8. The summed E-state index contributed by atoms with van der Waals surface area (Å²) < 4.78 is 0.173. The van der Waals surface area contributed by atoms with Crippen LogP contribution in [0.3, 0.4) is 0 Å². The lowest BCUT2D eigenvalue weighted by Crippen LogP contribution is -2.39. The molecule has 0 atom stereocenters. The SMILES string of the molecule is CCNC(=NCC(C)(C)SC)NCCCc1c[nH]c2ccccc12. The van der Waals surface area contributed by atoms with E-state index in [2.05, 4.69) is 73.1 Å². The van der Waals surface area contributed by atoms with E-state index in [0.717, 1.165) is 38.4 Å². The van der Waals surface area contributed by atoms with Gasteiger partial charge >= 0.3 is 0 Å². The van der Waals surface area contributed by atoms with Gasteiger partial charge in [-0.2, -0.15) is 11.8 Å². The fraction of sp³-hybridized carbons (Fsp3) is 0.526. The molecule has 0 bridgehead atoms. The molecule has 4 nitrogen and oxygen atoms in total. The van der Waals surface area contributed by atoms with E-state index in [4.69, 9.17) is 4.99 Å². The van der Waals surface area contributed by atoms with Gasteiger partial charge in [-0.15, -0.1) is 0 Å². The summed E-state index contributed by atoms with van der Waals surface area (Å²) in [6, 6.07) is 8.48. The van der Waals surface area contributed by atoms with Crippen molar-refractivity contribution in [3.05, 3.63) is 36.0 Å². The summed E-state index contributed by atoms with van der Waals surface area (Å²) in [5, 5.41) is 8.11. The second-order valence-corrected chi connectivity index (χ2v) is 8.06. The third-order valence-electron chi connectivity index (χ3n) is 4.11. The van der Waals surface area contributed by atoms with Gasteiger partial charge in [0.05, 0.1) is 6.54 Å². The van der Waals surface area contributed by atoms with E-state index in [1.165, 1.54) is 16.5 Å².